The summed E-state index contributed by atoms with van der Waals surface area (Å²) in [5.41, 5.74) is 8.07. The summed E-state index contributed by atoms with van der Waals surface area (Å²) in [5, 5.41) is 4.37. The van der Waals surface area contributed by atoms with Crippen molar-refractivity contribution >= 4 is 11.5 Å². The summed E-state index contributed by atoms with van der Waals surface area (Å²) in [6.07, 6.45) is 5.10. The molecule has 0 saturated heterocycles. The van der Waals surface area contributed by atoms with Gasteiger partial charge in [-0.05, 0) is 19.1 Å². The second kappa shape index (κ2) is 3.51. The number of nitrogens with zero attached hydrogens (tertiary/aromatic N) is 5. The molecule has 0 bridgehead atoms. The summed E-state index contributed by atoms with van der Waals surface area (Å²) in [6, 6.07) is 3.57. The van der Waals surface area contributed by atoms with Crippen molar-refractivity contribution in [2.45, 2.75) is 6.92 Å². The maximum Gasteiger partial charge on any atom is 0.182 e. The largest absolute Gasteiger partial charge is 0.384 e. The number of anilines is 1. The lowest BCUT2D eigenvalue weighted by Gasteiger charge is -1.94. The van der Waals surface area contributed by atoms with Crippen LogP contribution in [0, 0.1) is 6.92 Å². The molecule has 0 spiro atoms. The average Bonchev–Trinajstić information content (AvgIpc) is 2.74. The Hall–Kier alpha value is -2.50. The first-order valence-electron chi connectivity index (χ1n) is 5.14. The van der Waals surface area contributed by atoms with Gasteiger partial charge in [0.1, 0.15) is 5.82 Å². The van der Waals surface area contributed by atoms with Gasteiger partial charge in [-0.2, -0.15) is 0 Å². The Morgan fingerprint density at radius 1 is 1.24 bits per heavy atom. The zero-order chi connectivity index (χ0) is 11.8. The van der Waals surface area contributed by atoms with Crippen LogP contribution in [0.5, 0.6) is 0 Å². The van der Waals surface area contributed by atoms with E-state index in [0.717, 1.165) is 16.9 Å². The standard InChI is InChI=1S/C11H10N6/c1-7-11-15-10(16-17(11)5-4-13-7)8-2-3-14-9(12)6-8/h2-6H,1H3,(H2,12,14). The van der Waals surface area contributed by atoms with E-state index < -0.39 is 0 Å². The van der Waals surface area contributed by atoms with Gasteiger partial charge in [-0.25, -0.2) is 14.5 Å². The van der Waals surface area contributed by atoms with Gasteiger partial charge in [0.15, 0.2) is 11.5 Å². The van der Waals surface area contributed by atoms with Crippen LogP contribution in [0.1, 0.15) is 5.69 Å². The molecule has 0 atom stereocenters. The molecule has 3 aromatic heterocycles. The molecule has 3 heterocycles. The summed E-state index contributed by atoms with van der Waals surface area (Å²) in [7, 11) is 0. The fourth-order valence-electron chi connectivity index (χ4n) is 1.65. The molecule has 0 aliphatic carbocycles. The lowest BCUT2D eigenvalue weighted by Crippen LogP contribution is -1.91. The van der Waals surface area contributed by atoms with E-state index in [1.54, 1.807) is 29.2 Å². The quantitative estimate of drug-likeness (QED) is 0.671. The minimum atomic E-state index is 0.455. The highest BCUT2D eigenvalue weighted by atomic mass is 15.3. The molecule has 3 rings (SSSR count). The number of nitrogen functional groups attached to an aromatic ring is 1. The second-order valence-electron chi connectivity index (χ2n) is 3.69. The van der Waals surface area contributed by atoms with Crippen LogP contribution in [0.15, 0.2) is 30.7 Å². The van der Waals surface area contributed by atoms with Gasteiger partial charge in [-0.15, -0.1) is 5.10 Å². The molecular formula is C11H10N6. The molecule has 6 nitrogen and oxygen atoms in total. The summed E-state index contributed by atoms with van der Waals surface area (Å²) >= 11 is 0. The van der Waals surface area contributed by atoms with Gasteiger partial charge in [-0.3, -0.25) is 4.98 Å². The van der Waals surface area contributed by atoms with Crippen LogP contribution in [-0.4, -0.2) is 24.6 Å². The lowest BCUT2D eigenvalue weighted by molar-refractivity contribution is 0.937. The predicted octanol–water partition coefficient (Wildman–Crippen LogP) is 1.08. The predicted molar refractivity (Wildman–Crippen MR) is 63.2 cm³/mol. The molecule has 2 N–H and O–H groups in total. The van der Waals surface area contributed by atoms with E-state index in [1.807, 2.05) is 13.0 Å². The molecule has 0 aliphatic rings. The molecule has 0 saturated carbocycles. The lowest BCUT2D eigenvalue weighted by atomic mass is 10.2. The molecular weight excluding hydrogens is 216 g/mol. The van der Waals surface area contributed by atoms with E-state index in [1.165, 1.54) is 0 Å². The normalized spacial score (nSPS) is 10.9. The van der Waals surface area contributed by atoms with Crippen LogP contribution in [0.4, 0.5) is 5.82 Å². The third kappa shape index (κ3) is 1.59. The average molecular weight is 226 g/mol. The van der Waals surface area contributed by atoms with Crippen LogP contribution >= 0.6 is 0 Å². The van der Waals surface area contributed by atoms with E-state index in [9.17, 15) is 0 Å². The zero-order valence-electron chi connectivity index (χ0n) is 9.20. The van der Waals surface area contributed by atoms with Crippen LogP contribution in [-0.2, 0) is 0 Å². The van der Waals surface area contributed by atoms with Gasteiger partial charge in [-0.1, -0.05) is 0 Å². The van der Waals surface area contributed by atoms with Crippen LogP contribution in [0.3, 0.4) is 0 Å². The molecule has 0 radical (unpaired) electrons. The SMILES string of the molecule is Cc1nccn2nc(-c3ccnc(N)c3)nc12. The molecule has 0 fully saturated rings. The number of hydrogen-bond acceptors (Lipinski definition) is 5. The number of pyridine rings is 1. The minimum Gasteiger partial charge on any atom is -0.384 e. The number of aromatic nitrogens is 5. The highest BCUT2D eigenvalue weighted by Gasteiger charge is 2.08. The van der Waals surface area contributed by atoms with Gasteiger partial charge in [0.25, 0.3) is 0 Å². The van der Waals surface area contributed by atoms with E-state index in [0.29, 0.717) is 11.6 Å². The van der Waals surface area contributed by atoms with Crippen LogP contribution in [0.25, 0.3) is 17.0 Å². The molecule has 0 amide bonds. The second-order valence-corrected chi connectivity index (χ2v) is 3.69. The number of aryl methyl sites for hydroxylation is 1. The van der Waals surface area contributed by atoms with Crippen molar-refractivity contribution in [2.75, 3.05) is 5.73 Å². The van der Waals surface area contributed by atoms with Crippen LogP contribution < -0.4 is 5.73 Å². The molecule has 0 unspecified atom stereocenters. The van der Waals surface area contributed by atoms with E-state index in [-0.39, 0.29) is 0 Å². The van der Waals surface area contributed by atoms with Gasteiger partial charge < -0.3 is 5.73 Å². The fraction of sp³-hybridized carbons (Fsp3) is 0.0909. The van der Waals surface area contributed by atoms with Gasteiger partial charge in [0, 0.05) is 24.2 Å². The Balaban J connectivity index is 2.22. The van der Waals surface area contributed by atoms with Gasteiger partial charge in [0.05, 0.1) is 5.69 Å². The molecule has 0 aliphatic heterocycles. The number of fused-ring (bicyclic) bond motifs is 1. The first-order valence-corrected chi connectivity index (χ1v) is 5.14. The first kappa shape index (κ1) is 9.71. The fourth-order valence-corrected chi connectivity index (χ4v) is 1.65. The minimum absolute atomic E-state index is 0.455. The maximum absolute atomic E-state index is 5.63. The summed E-state index contributed by atoms with van der Waals surface area (Å²) in [5.74, 6) is 1.08. The Morgan fingerprint density at radius 2 is 2.12 bits per heavy atom. The van der Waals surface area contributed by atoms with Crippen molar-refractivity contribution in [2.24, 2.45) is 0 Å². The third-order valence-corrected chi connectivity index (χ3v) is 2.47. The monoisotopic (exact) mass is 226 g/mol. The number of rotatable bonds is 1. The van der Waals surface area contributed by atoms with Crippen molar-refractivity contribution in [3.05, 3.63) is 36.4 Å². The maximum atomic E-state index is 5.63. The first-order chi connectivity index (χ1) is 8.24. The van der Waals surface area contributed by atoms with E-state index >= 15 is 0 Å². The Kier molecular flexibility index (Phi) is 2.01. The Bertz CT molecular complexity index is 687. The molecule has 3 aromatic rings. The van der Waals surface area contributed by atoms with E-state index in [4.69, 9.17) is 5.73 Å². The van der Waals surface area contributed by atoms with E-state index in [2.05, 4.69) is 20.1 Å². The van der Waals surface area contributed by atoms with Crippen molar-refractivity contribution < 1.29 is 0 Å². The number of hydrogen-bond donors (Lipinski definition) is 1. The summed E-state index contributed by atoms with van der Waals surface area (Å²) < 4.78 is 1.70. The highest BCUT2D eigenvalue weighted by Crippen LogP contribution is 2.17. The smallest absolute Gasteiger partial charge is 0.182 e. The Labute approximate surface area is 97.2 Å². The van der Waals surface area contributed by atoms with Crippen molar-refractivity contribution in [1.82, 2.24) is 24.6 Å². The van der Waals surface area contributed by atoms with Crippen molar-refractivity contribution in [1.29, 1.82) is 0 Å². The third-order valence-electron chi connectivity index (χ3n) is 2.47. The van der Waals surface area contributed by atoms with Crippen molar-refractivity contribution in [3.8, 4) is 11.4 Å². The van der Waals surface area contributed by atoms with Gasteiger partial charge >= 0.3 is 0 Å². The zero-order valence-corrected chi connectivity index (χ0v) is 9.20. The van der Waals surface area contributed by atoms with Crippen molar-refractivity contribution in [3.63, 3.8) is 0 Å². The topological polar surface area (TPSA) is 82.0 Å². The molecule has 0 aromatic carbocycles. The summed E-state index contributed by atoms with van der Waals surface area (Å²) in [4.78, 5) is 12.5. The number of nitrogens with two attached hydrogens (primary N) is 1. The summed E-state index contributed by atoms with van der Waals surface area (Å²) in [6.45, 7) is 1.90. The highest BCUT2D eigenvalue weighted by molar-refractivity contribution is 5.61. The molecule has 17 heavy (non-hydrogen) atoms. The molecule has 6 heteroatoms. The van der Waals surface area contributed by atoms with Gasteiger partial charge in [0.2, 0.25) is 0 Å². The Morgan fingerprint density at radius 3 is 2.88 bits per heavy atom. The van der Waals surface area contributed by atoms with Crippen LogP contribution in [0.2, 0.25) is 0 Å². The molecule has 84 valence electrons.